The van der Waals surface area contributed by atoms with Crippen LogP contribution < -0.4 is 10.1 Å². The molecule has 29 heavy (non-hydrogen) atoms. The Morgan fingerprint density at radius 3 is 2.72 bits per heavy atom. The number of rotatable bonds is 6. The molecule has 1 atom stereocenters. The molecule has 6 nitrogen and oxygen atoms in total. The standard InChI is InChI=1S/C21H20N2O4S2/c1-3-27-17-11-14(9-10-16(17)24)12-18-20(26)23(21(28)29-18)13(2)19(25)22-15-7-5-4-6-8-15/h4-13,24H,3H2,1-2H3,(H,22,25)/b18-12-. The van der Waals surface area contributed by atoms with Crippen LogP contribution in [0.1, 0.15) is 19.4 Å². The van der Waals surface area contributed by atoms with Crippen LogP contribution in [0.3, 0.4) is 0 Å². The predicted molar refractivity (Wildman–Crippen MR) is 119 cm³/mol. The summed E-state index contributed by atoms with van der Waals surface area (Å²) in [6.07, 6.45) is 1.67. The number of anilines is 1. The van der Waals surface area contributed by atoms with Crippen LogP contribution in [-0.2, 0) is 9.59 Å². The Bertz CT molecular complexity index is 976. The molecule has 1 aliphatic rings. The number of phenolic OH excluding ortho intramolecular Hbond substituents is 1. The number of amides is 2. The molecule has 8 heteroatoms. The predicted octanol–water partition coefficient (Wildman–Crippen LogP) is 4.02. The van der Waals surface area contributed by atoms with Crippen molar-refractivity contribution in [2.45, 2.75) is 19.9 Å². The summed E-state index contributed by atoms with van der Waals surface area (Å²) in [6, 6.07) is 13.1. The van der Waals surface area contributed by atoms with Crippen molar-refractivity contribution in [2.75, 3.05) is 11.9 Å². The van der Waals surface area contributed by atoms with Gasteiger partial charge in [0, 0.05) is 5.69 Å². The number of para-hydroxylation sites is 1. The number of nitrogens with one attached hydrogen (secondary N) is 1. The van der Waals surface area contributed by atoms with Gasteiger partial charge in [0.25, 0.3) is 5.91 Å². The fourth-order valence-corrected chi connectivity index (χ4v) is 4.16. The van der Waals surface area contributed by atoms with E-state index in [9.17, 15) is 14.7 Å². The minimum absolute atomic E-state index is 0.0303. The molecule has 0 saturated carbocycles. The van der Waals surface area contributed by atoms with Crippen molar-refractivity contribution in [1.29, 1.82) is 0 Å². The number of aromatic hydroxyl groups is 1. The Labute approximate surface area is 178 Å². The summed E-state index contributed by atoms with van der Waals surface area (Å²) in [5.41, 5.74) is 1.34. The molecule has 0 aromatic heterocycles. The van der Waals surface area contributed by atoms with Crippen LogP contribution in [0, 0.1) is 0 Å². The van der Waals surface area contributed by atoms with Crippen LogP contribution in [0.15, 0.2) is 53.4 Å². The molecular weight excluding hydrogens is 408 g/mol. The van der Waals surface area contributed by atoms with Gasteiger partial charge in [0.1, 0.15) is 10.4 Å². The van der Waals surface area contributed by atoms with E-state index in [2.05, 4.69) is 5.32 Å². The Hall–Kier alpha value is -2.84. The largest absolute Gasteiger partial charge is 0.504 e. The molecule has 2 amide bonds. The Balaban J connectivity index is 1.77. The molecule has 0 aliphatic carbocycles. The Morgan fingerprint density at radius 2 is 2.03 bits per heavy atom. The lowest BCUT2D eigenvalue weighted by Gasteiger charge is -2.22. The highest BCUT2D eigenvalue weighted by Gasteiger charge is 2.38. The number of carbonyl (C=O) groups excluding carboxylic acids is 2. The van der Waals surface area contributed by atoms with Gasteiger partial charge in [-0.05, 0) is 49.8 Å². The summed E-state index contributed by atoms with van der Waals surface area (Å²) in [5, 5.41) is 12.6. The summed E-state index contributed by atoms with van der Waals surface area (Å²) in [6.45, 7) is 3.87. The van der Waals surface area contributed by atoms with Crippen molar-refractivity contribution >= 4 is 51.9 Å². The Morgan fingerprint density at radius 1 is 1.31 bits per heavy atom. The SMILES string of the molecule is CCOc1cc(/C=C2\SC(=S)N(C(C)C(=O)Nc3ccccc3)C2=O)ccc1O. The van der Waals surface area contributed by atoms with Gasteiger partial charge in [0.15, 0.2) is 11.5 Å². The lowest BCUT2D eigenvalue weighted by molar-refractivity contribution is -0.129. The molecule has 0 spiro atoms. The second-order valence-corrected chi connectivity index (χ2v) is 7.92. The average Bonchev–Trinajstić information content (AvgIpc) is 2.98. The highest BCUT2D eigenvalue weighted by atomic mass is 32.2. The van der Waals surface area contributed by atoms with E-state index in [1.165, 1.54) is 11.0 Å². The number of nitrogens with zero attached hydrogens (tertiary/aromatic N) is 1. The van der Waals surface area contributed by atoms with Gasteiger partial charge < -0.3 is 15.2 Å². The number of hydrogen-bond donors (Lipinski definition) is 2. The van der Waals surface area contributed by atoms with Crippen molar-refractivity contribution in [3.63, 3.8) is 0 Å². The fraction of sp³-hybridized carbons (Fsp3) is 0.190. The summed E-state index contributed by atoms with van der Waals surface area (Å²) < 4.78 is 5.70. The number of hydrogen-bond acceptors (Lipinski definition) is 6. The van der Waals surface area contributed by atoms with E-state index >= 15 is 0 Å². The second kappa shape index (κ2) is 9.11. The molecule has 0 radical (unpaired) electrons. The van der Waals surface area contributed by atoms with Crippen molar-refractivity contribution in [3.8, 4) is 11.5 Å². The maximum Gasteiger partial charge on any atom is 0.266 e. The van der Waals surface area contributed by atoms with E-state index in [0.717, 1.165) is 11.8 Å². The minimum Gasteiger partial charge on any atom is -0.504 e. The van der Waals surface area contributed by atoms with Gasteiger partial charge in [-0.15, -0.1) is 0 Å². The molecule has 0 bridgehead atoms. The second-order valence-electron chi connectivity index (χ2n) is 6.24. The van der Waals surface area contributed by atoms with E-state index in [1.807, 2.05) is 25.1 Å². The number of benzene rings is 2. The lowest BCUT2D eigenvalue weighted by Crippen LogP contribution is -2.44. The van der Waals surface area contributed by atoms with Gasteiger partial charge in [0.2, 0.25) is 5.91 Å². The van der Waals surface area contributed by atoms with Gasteiger partial charge >= 0.3 is 0 Å². The van der Waals surface area contributed by atoms with Gasteiger partial charge in [-0.25, -0.2) is 0 Å². The van der Waals surface area contributed by atoms with Crippen molar-refractivity contribution < 1.29 is 19.4 Å². The first-order chi connectivity index (χ1) is 13.9. The maximum absolute atomic E-state index is 12.9. The van der Waals surface area contributed by atoms with Crippen molar-refractivity contribution in [2.24, 2.45) is 0 Å². The molecule has 2 aromatic rings. The third-order valence-corrected chi connectivity index (χ3v) is 5.54. The first-order valence-electron chi connectivity index (χ1n) is 8.99. The molecule has 1 aliphatic heterocycles. The molecule has 1 heterocycles. The molecule has 3 rings (SSSR count). The van der Waals surface area contributed by atoms with Crippen LogP contribution in [0.25, 0.3) is 6.08 Å². The van der Waals surface area contributed by atoms with Gasteiger partial charge in [-0.3, -0.25) is 14.5 Å². The van der Waals surface area contributed by atoms with Crippen LogP contribution in [0.2, 0.25) is 0 Å². The first-order valence-corrected chi connectivity index (χ1v) is 10.2. The number of phenols is 1. The normalized spacial score (nSPS) is 16.2. The topological polar surface area (TPSA) is 78.9 Å². The van der Waals surface area contributed by atoms with Crippen LogP contribution in [0.4, 0.5) is 5.69 Å². The van der Waals surface area contributed by atoms with E-state index < -0.39 is 6.04 Å². The fourth-order valence-electron chi connectivity index (χ4n) is 2.74. The van der Waals surface area contributed by atoms with Crippen LogP contribution in [0.5, 0.6) is 11.5 Å². The van der Waals surface area contributed by atoms with Gasteiger partial charge in [-0.2, -0.15) is 0 Å². The summed E-state index contributed by atoms with van der Waals surface area (Å²) >= 11 is 6.48. The summed E-state index contributed by atoms with van der Waals surface area (Å²) in [4.78, 5) is 27.2. The van der Waals surface area contributed by atoms with E-state index in [1.54, 1.807) is 37.3 Å². The monoisotopic (exact) mass is 428 g/mol. The van der Waals surface area contributed by atoms with Crippen LogP contribution >= 0.6 is 24.0 Å². The number of ether oxygens (including phenoxy) is 1. The van der Waals surface area contributed by atoms with Gasteiger partial charge in [-0.1, -0.05) is 48.2 Å². The highest BCUT2D eigenvalue weighted by Crippen LogP contribution is 2.35. The summed E-state index contributed by atoms with van der Waals surface area (Å²) in [7, 11) is 0. The van der Waals surface area contributed by atoms with E-state index in [-0.39, 0.29) is 17.6 Å². The molecular formula is C21H20N2O4S2. The van der Waals surface area contributed by atoms with Gasteiger partial charge in [0.05, 0.1) is 11.5 Å². The lowest BCUT2D eigenvalue weighted by atomic mass is 10.1. The molecule has 1 unspecified atom stereocenters. The van der Waals surface area contributed by atoms with Crippen molar-refractivity contribution in [3.05, 3.63) is 59.0 Å². The molecule has 2 N–H and O–H groups in total. The first kappa shape index (κ1) is 20.9. The minimum atomic E-state index is -0.757. The zero-order valence-electron chi connectivity index (χ0n) is 15.9. The maximum atomic E-state index is 12.9. The third-order valence-electron chi connectivity index (χ3n) is 4.21. The van der Waals surface area contributed by atoms with E-state index in [4.69, 9.17) is 17.0 Å². The molecule has 150 valence electrons. The number of thiocarbonyl (C=S) groups is 1. The van der Waals surface area contributed by atoms with Crippen LogP contribution in [-0.4, -0.2) is 38.8 Å². The summed E-state index contributed by atoms with van der Waals surface area (Å²) in [5.74, 6) is -0.283. The zero-order valence-corrected chi connectivity index (χ0v) is 17.5. The van der Waals surface area contributed by atoms with Crippen molar-refractivity contribution in [1.82, 2.24) is 4.90 Å². The zero-order chi connectivity index (χ0) is 21.0. The third kappa shape index (κ3) is 4.78. The molecule has 2 aromatic carbocycles. The smallest absolute Gasteiger partial charge is 0.266 e. The quantitative estimate of drug-likeness (QED) is 0.535. The Kier molecular flexibility index (Phi) is 6.56. The van der Waals surface area contributed by atoms with E-state index in [0.29, 0.717) is 32.8 Å². The molecule has 1 saturated heterocycles. The number of thioether (sulfide) groups is 1. The molecule has 1 fully saturated rings. The number of carbonyl (C=O) groups is 2. The average molecular weight is 429 g/mol. The highest BCUT2D eigenvalue weighted by molar-refractivity contribution is 8.26.